The van der Waals surface area contributed by atoms with Crippen LogP contribution in [0.3, 0.4) is 0 Å². The molecule has 0 amide bonds. The number of aromatic nitrogens is 1. The van der Waals surface area contributed by atoms with Crippen molar-refractivity contribution in [2.45, 2.75) is 37.5 Å². The summed E-state index contributed by atoms with van der Waals surface area (Å²) >= 11 is 1.87. The van der Waals surface area contributed by atoms with Crippen LogP contribution in [0.1, 0.15) is 26.3 Å². The predicted octanol–water partition coefficient (Wildman–Crippen LogP) is 3.87. The van der Waals surface area contributed by atoms with Gasteiger partial charge in [-0.05, 0) is 36.6 Å². The van der Waals surface area contributed by atoms with Gasteiger partial charge in [0, 0.05) is 10.6 Å². The van der Waals surface area contributed by atoms with Gasteiger partial charge in [-0.15, -0.1) is 11.8 Å². The third kappa shape index (κ3) is 3.48. The standard InChI is InChI=1S/C16H22N2S/c1-11(2)12(3)19-16-14(8-9-17)10-13-6-4-5-7-15(13)18-16/h4-7,10-12H,8-9,17H2,1-3H3. The van der Waals surface area contributed by atoms with Crippen molar-refractivity contribution in [1.29, 1.82) is 0 Å². The van der Waals surface area contributed by atoms with Crippen LogP contribution in [0.5, 0.6) is 0 Å². The maximum Gasteiger partial charge on any atom is 0.100 e. The fraction of sp³-hybridized carbons (Fsp3) is 0.438. The van der Waals surface area contributed by atoms with Gasteiger partial charge in [0.2, 0.25) is 0 Å². The summed E-state index contributed by atoms with van der Waals surface area (Å²) in [4.78, 5) is 4.82. The number of thioether (sulfide) groups is 1. The Morgan fingerprint density at radius 1 is 1.21 bits per heavy atom. The van der Waals surface area contributed by atoms with E-state index in [1.54, 1.807) is 0 Å². The summed E-state index contributed by atoms with van der Waals surface area (Å²) in [5.74, 6) is 0.643. The highest BCUT2D eigenvalue weighted by molar-refractivity contribution is 7.99. The smallest absolute Gasteiger partial charge is 0.100 e. The van der Waals surface area contributed by atoms with E-state index in [4.69, 9.17) is 10.7 Å². The molecule has 1 unspecified atom stereocenters. The molecule has 1 aromatic carbocycles. The van der Waals surface area contributed by atoms with Crippen LogP contribution >= 0.6 is 11.8 Å². The first-order valence-electron chi connectivity index (χ1n) is 6.87. The summed E-state index contributed by atoms with van der Waals surface area (Å²) in [5.41, 5.74) is 8.07. The van der Waals surface area contributed by atoms with E-state index in [9.17, 15) is 0 Å². The number of hydrogen-bond donors (Lipinski definition) is 1. The predicted molar refractivity (Wildman–Crippen MR) is 84.7 cm³/mol. The van der Waals surface area contributed by atoms with Crippen molar-refractivity contribution in [3.05, 3.63) is 35.9 Å². The van der Waals surface area contributed by atoms with Crippen LogP contribution in [-0.4, -0.2) is 16.8 Å². The van der Waals surface area contributed by atoms with Gasteiger partial charge < -0.3 is 5.73 Å². The topological polar surface area (TPSA) is 38.9 Å². The van der Waals surface area contributed by atoms with Gasteiger partial charge in [-0.25, -0.2) is 4.98 Å². The van der Waals surface area contributed by atoms with Crippen LogP contribution in [0.2, 0.25) is 0 Å². The van der Waals surface area contributed by atoms with Crippen LogP contribution in [0, 0.1) is 5.92 Å². The lowest BCUT2D eigenvalue weighted by Gasteiger charge is -2.17. The minimum Gasteiger partial charge on any atom is -0.330 e. The molecule has 0 fully saturated rings. The Morgan fingerprint density at radius 3 is 2.63 bits per heavy atom. The second-order valence-electron chi connectivity index (χ2n) is 5.25. The summed E-state index contributed by atoms with van der Waals surface area (Å²) in [6.45, 7) is 7.44. The highest BCUT2D eigenvalue weighted by Gasteiger charge is 2.13. The van der Waals surface area contributed by atoms with Crippen LogP contribution in [-0.2, 0) is 6.42 Å². The molecular weight excluding hydrogens is 252 g/mol. The molecular formula is C16H22N2S. The van der Waals surface area contributed by atoms with Gasteiger partial charge in [-0.1, -0.05) is 39.0 Å². The summed E-state index contributed by atoms with van der Waals surface area (Å²) < 4.78 is 0. The zero-order chi connectivity index (χ0) is 13.8. The van der Waals surface area contributed by atoms with Crippen LogP contribution < -0.4 is 5.73 Å². The first-order valence-corrected chi connectivity index (χ1v) is 7.75. The fourth-order valence-corrected chi connectivity index (χ4v) is 2.98. The summed E-state index contributed by atoms with van der Waals surface area (Å²) in [6, 6.07) is 10.5. The monoisotopic (exact) mass is 274 g/mol. The molecule has 102 valence electrons. The number of rotatable bonds is 5. The lowest BCUT2D eigenvalue weighted by Crippen LogP contribution is -2.09. The molecule has 2 N–H and O–H groups in total. The SMILES string of the molecule is CC(C)C(C)Sc1nc2ccccc2cc1CCN. The molecule has 2 nitrogen and oxygen atoms in total. The fourth-order valence-electron chi connectivity index (χ4n) is 1.89. The van der Waals surface area contributed by atoms with Crippen molar-refractivity contribution in [2.75, 3.05) is 6.54 Å². The van der Waals surface area contributed by atoms with Gasteiger partial charge in [0.1, 0.15) is 5.03 Å². The molecule has 2 rings (SSSR count). The molecule has 3 heteroatoms. The van der Waals surface area contributed by atoms with E-state index in [-0.39, 0.29) is 0 Å². The Hall–Kier alpha value is -1.06. The molecule has 19 heavy (non-hydrogen) atoms. The molecule has 1 aromatic heterocycles. The van der Waals surface area contributed by atoms with Crippen molar-refractivity contribution >= 4 is 22.7 Å². The number of fused-ring (bicyclic) bond motifs is 1. The molecule has 0 saturated carbocycles. The molecule has 0 aliphatic heterocycles. The molecule has 0 radical (unpaired) electrons. The zero-order valence-corrected chi connectivity index (χ0v) is 12.7. The van der Waals surface area contributed by atoms with E-state index in [0.29, 0.717) is 17.7 Å². The Morgan fingerprint density at radius 2 is 1.95 bits per heavy atom. The second-order valence-corrected chi connectivity index (χ2v) is 6.62. The third-order valence-electron chi connectivity index (χ3n) is 3.41. The van der Waals surface area contributed by atoms with Crippen molar-refractivity contribution in [2.24, 2.45) is 11.7 Å². The van der Waals surface area contributed by atoms with Gasteiger partial charge in [0.05, 0.1) is 5.52 Å². The number of hydrogen-bond acceptors (Lipinski definition) is 3. The zero-order valence-electron chi connectivity index (χ0n) is 11.9. The van der Waals surface area contributed by atoms with E-state index in [1.165, 1.54) is 10.9 Å². The quantitative estimate of drug-likeness (QED) is 0.841. The molecule has 0 spiro atoms. The summed E-state index contributed by atoms with van der Waals surface area (Å²) in [6.07, 6.45) is 0.894. The van der Waals surface area contributed by atoms with E-state index < -0.39 is 0 Å². The van der Waals surface area contributed by atoms with E-state index >= 15 is 0 Å². The maximum absolute atomic E-state index is 5.73. The molecule has 1 heterocycles. The largest absolute Gasteiger partial charge is 0.330 e. The number of nitrogens with two attached hydrogens (primary N) is 1. The van der Waals surface area contributed by atoms with Crippen molar-refractivity contribution in [1.82, 2.24) is 4.98 Å². The highest BCUT2D eigenvalue weighted by atomic mass is 32.2. The molecule has 0 aliphatic rings. The van der Waals surface area contributed by atoms with Crippen LogP contribution in [0.15, 0.2) is 35.4 Å². The van der Waals surface area contributed by atoms with E-state index in [0.717, 1.165) is 17.0 Å². The number of pyridine rings is 1. The average Bonchev–Trinajstić information content (AvgIpc) is 2.39. The van der Waals surface area contributed by atoms with Crippen LogP contribution in [0.4, 0.5) is 0 Å². The lowest BCUT2D eigenvalue weighted by atomic mass is 10.1. The maximum atomic E-state index is 5.73. The van der Waals surface area contributed by atoms with Crippen molar-refractivity contribution < 1.29 is 0 Å². The summed E-state index contributed by atoms with van der Waals surface area (Å²) in [5, 5.41) is 2.91. The van der Waals surface area contributed by atoms with Crippen molar-refractivity contribution in [3.8, 4) is 0 Å². The second kappa shape index (κ2) is 6.40. The lowest BCUT2D eigenvalue weighted by molar-refractivity contribution is 0.641. The molecule has 0 aliphatic carbocycles. The molecule has 1 atom stereocenters. The Bertz CT molecular complexity index is 551. The molecule has 0 bridgehead atoms. The Labute approximate surface area is 119 Å². The van der Waals surface area contributed by atoms with Crippen molar-refractivity contribution in [3.63, 3.8) is 0 Å². The van der Waals surface area contributed by atoms with E-state index in [1.807, 2.05) is 17.8 Å². The van der Waals surface area contributed by atoms with Gasteiger partial charge in [0.15, 0.2) is 0 Å². The van der Waals surface area contributed by atoms with Gasteiger partial charge in [-0.3, -0.25) is 0 Å². The van der Waals surface area contributed by atoms with Crippen LogP contribution in [0.25, 0.3) is 10.9 Å². The Balaban J connectivity index is 2.41. The first kappa shape index (κ1) is 14.4. The number of para-hydroxylation sites is 1. The number of benzene rings is 1. The number of nitrogens with zero attached hydrogens (tertiary/aromatic N) is 1. The first-order chi connectivity index (χ1) is 9.11. The van der Waals surface area contributed by atoms with Gasteiger partial charge >= 0.3 is 0 Å². The third-order valence-corrected chi connectivity index (χ3v) is 4.91. The highest BCUT2D eigenvalue weighted by Crippen LogP contribution is 2.31. The summed E-state index contributed by atoms with van der Waals surface area (Å²) in [7, 11) is 0. The Kier molecular flexibility index (Phi) is 4.83. The minimum atomic E-state index is 0.560. The minimum absolute atomic E-state index is 0.560. The molecule has 0 saturated heterocycles. The van der Waals surface area contributed by atoms with Gasteiger partial charge in [0.25, 0.3) is 0 Å². The normalized spacial score (nSPS) is 13.1. The molecule has 2 aromatic rings. The average molecular weight is 274 g/mol. The van der Waals surface area contributed by atoms with E-state index in [2.05, 4.69) is 45.0 Å². The van der Waals surface area contributed by atoms with Gasteiger partial charge in [-0.2, -0.15) is 0 Å².